The van der Waals surface area contributed by atoms with Crippen LogP contribution in [0, 0.1) is 15.9 Å². The molecule has 0 aliphatic heterocycles. The van der Waals surface area contributed by atoms with Crippen molar-refractivity contribution in [2.24, 2.45) is 0 Å². The van der Waals surface area contributed by atoms with Crippen LogP contribution in [0.4, 0.5) is 18.9 Å². The van der Waals surface area contributed by atoms with Crippen LogP contribution in [0.2, 0.25) is 0 Å². The first kappa shape index (κ1) is 13.7. The molecule has 0 heterocycles. The molecule has 0 atom stereocenters. The second-order valence-electron chi connectivity index (χ2n) is 2.93. The molecule has 18 heavy (non-hydrogen) atoms. The number of carbonyl (C=O) groups excluding carboxylic acids is 1. The minimum absolute atomic E-state index is 0.309. The summed E-state index contributed by atoms with van der Waals surface area (Å²) in [5.74, 6) is -3.35. The maximum atomic E-state index is 13.3. The number of methoxy groups -OCH3 is 1. The van der Waals surface area contributed by atoms with Gasteiger partial charge in [-0.2, -0.15) is 8.78 Å². The predicted octanol–water partition coefficient (Wildman–Crippen LogP) is 2.12. The average molecular weight is 265 g/mol. The lowest BCUT2D eigenvalue weighted by molar-refractivity contribution is -0.386. The van der Waals surface area contributed by atoms with Crippen molar-refractivity contribution >= 4 is 11.7 Å². The Labute approximate surface area is 98.1 Å². The van der Waals surface area contributed by atoms with Crippen LogP contribution in [0.3, 0.4) is 0 Å². The first-order valence-corrected chi connectivity index (χ1v) is 4.38. The van der Waals surface area contributed by atoms with E-state index >= 15 is 0 Å². The smallest absolute Gasteiger partial charge is 0.387 e. The molecule has 0 radical (unpaired) electrons. The first-order chi connectivity index (χ1) is 8.36. The number of nitro groups is 1. The molecule has 0 unspecified atom stereocenters. The van der Waals surface area contributed by atoms with E-state index in [-0.39, 0.29) is 0 Å². The highest BCUT2D eigenvalue weighted by molar-refractivity contribution is 5.90. The average Bonchev–Trinajstić information content (AvgIpc) is 2.29. The van der Waals surface area contributed by atoms with Crippen molar-refractivity contribution in [1.82, 2.24) is 0 Å². The Balaban J connectivity index is 3.35. The highest BCUT2D eigenvalue weighted by Crippen LogP contribution is 2.31. The summed E-state index contributed by atoms with van der Waals surface area (Å²) in [7, 11) is 0.941. The van der Waals surface area contributed by atoms with Crippen LogP contribution >= 0.6 is 0 Å². The summed E-state index contributed by atoms with van der Waals surface area (Å²) < 4.78 is 45.4. The first-order valence-electron chi connectivity index (χ1n) is 4.38. The van der Waals surface area contributed by atoms with Crippen LogP contribution in [0.1, 0.15) is 10.4 Å². The standard InChI is InChI=1S/C9H6F3NO5/c1-17-8(14)4-2-7(18-9(11)12)6(13(15)16)3-5(4)10/h2-3,9H,1H3. The van der Waals surface area contributed by atoms with Crippen molar-refractivity contribution in [3.05, 3.63) is 33.6 Å². The number of nitro benzene ring substituents is 1. The highest BCUT2D eigenvalue weighted by atomic mass is 19.3. The van der Waals surface area contributed by atoms with E-state index in [1.165, 1.54) is 0 Å². The molecule has 9 heteroatoms. The van der Waals surface area contributed by atoms with Gasteiger partial charge in [0.2, 0.25) is 5.75 Å². The van der Waals surface area contributed by atoms with Gasteiger partial charge in [-0.3, -0.25) is 10.1 Å². The number of alkyl halides is 2. The van der Waals surface area contributed by atoms with Crippen LogP contribution < -0.4 is 4.74 Å². The number of nitrogens with zero attached hydrogens (tertiary/aromatic N) is 1. The lowest BCUT2D eigenvalue weighted by atomic mass is 10.1. The fourth-order valence-corrected chi connectivity index (χ4v) is 1.14. The van der Waals surface area contributed by atoms with Crippen molar-refractivity contribution in [3.8, 4) is 5.75 Å². The second kappa shape index (κ2) is 5.34. The number of hydrogen-bond donors (Lipinski definition) is 0. The van der Waals surface area contributed by atoms with Crippen LogP contribution in [-0.2, 0) is 4.74 Å². The summed E-state index contributed by atoms with van der Waals surface area (Å²) in [6.45, 7) is -3.35. The van der Waals surface area contributed by atoms with Crippen molar-refractivity contribution < 1.29 is 32.4 Å². The van der Waals surface area contributed by atoms with E-state index in [0.29, 0.717) is 12.1 Å². The summed E-state index contributed by atoms with van der Waals surface area (Å²) in [4.78, 5) is 20.5. The molecule has 0 amide bonds. The topological polar surface area (TPSA) is 78.7 Å². The summed E-state index contributed by atoms with van der Waals surface area (Å²) in [6, 6.07) is 0.801. The number of esters is 1. The van der Waals surface area contributed by atoms with E-state index in [4.69, 9.17) is 0 Å². The van der Waals surface area contributed by atoms with Crippen molar-refractivity contribution in [1.29, 1.82) is 0 Å². The number of ether oxygens (including phenoxy) is 2. The second-order valence-corrected chi connectivity index (χ2v) is 2.93. The van der Waals surface area contributed by atoms with Crippen LogP contribution in [0.5, 0.6) is 5.75 Å². The van der Waals surface area contributed by atoms with Gasteiger partial charge in [-0.25, -0.2) is 9.18 Å². The summed E-state index contributed by atoms with van der Waals surface area (Å²) in [5, 5.41) is 10.5. The predicted molar refractivity (Wildman–Crippen MR) is 51.0 cm³/mol. The molecule has 6 nitrogen and oxygen atoms in total. The van der Waals surface area contributed by atoms with Crippen molar-refractivity contribution in [2.45, 2.75) is 6.61 Å². The maximum Gasteiger partial charge on any atom is 0.387 e. The van der Waals surface area contributed by atoms with Gasteiger partial charge in [0.05, 0.1) is 23.7 Å². The molecule has 1 rings (SSSR count). The Bertz CT molecular complexity index is 491. The maximum absolute atomic E-state index is 13.3. The van der Waals surface area contributed by atoms with E-state index in [9.17, 15) is 28.1 Å². The van der Waals surface area contributed by atoms with Gasteiger partial charge in [-0.05, 0) is 0 Å². The summed E-state index contributed by atoms with van der Waals surface area (Å²) >= 11 is 0. The zero-order valence-corrected chi connectivity index (χ0v) is 8.85. The number of hydrogen-bond acceptors (Lipinski definition) is 5. The zero-order valence-electron chi connectivity index (χ0n) is 8.85. The van der Waals surface area contributed by atoms with Gasteiger partial charge < -0.3 is 9.47 Å². The lowest BCUT2D eigenvalue weighted by Crippen LogP contribution is -2.09. The SMILES string of the molecule is COC(=O)c1cc(OC(F)F)c([N+](=O)[O-])cc1F. The van der Waals surface area contributed by atoms with Gasteiger partial charge in [0.1, 0.15) is 5.82 Å². The van der Waals surface area contributed by atoms with Gasteiger partial charge in [0.15, 0.2) is 0 Å². The van der Waals surface area contributed by atoms with Gasteiger partial charge in [0.25, 0.3) is 0 Å². The van der Waals surface area contributed by atoms with E-state index in [0.717, 1.165) is 7.11 Å². The molecular formula is C9H6F3NO5. The molecule has 0 aliphatic carbocycles. The number of halogens is 3. The minimum atomic E-state index is -3.35. The highest BCUT2D eigenvalue weighted by Gasteiger charge is 2.25. The molecule has 0 fully saturated rings. The lowest BCUT2D eigenvalue weighted by Gasteiger charge is -2.07. The van der Waals surface area contributed by atoms with Gasteiger partial charge in [-0.15, -0.1) is 0 Å². The van der Waals surface area contributed by atoms with E-state index in [1.807, 2.05) is 0 Å². The van der Waals surface area contributed by atoms with Gasteiger partial charge in [0, 0.05) is 6.07 Å². The van der Waals surface area contributed by atoms with Crippen LogP contribution in [-0.4, -0.2) is 24.6 Å². The Morgan fingerprint density at radius 3 is 2.50 bits per heavy atom. The summed E-state index contributed by atoms with van der Waals surface area (Å²) in [6.07, 6.45) is 0. The molecule has 1 aromatic carbocycles. The molecule has 98 valence electrons. The third-order valence-electron chi connectivity index (χ3n) is 1.87. The van der Waals surface area contributed by atoms with Crippen LogP contribution in [0.15, 0.2) is 12.1 Å². The summed E-state index contributed by atoms with van der Waals surface area (Å²) in [5.41, 5.74) is -1.75. The Morgan fingerprint density at radius 1 is 1.44 bits per heavy atom. The molecule has 0 saturated carbocycles. The third-order valence-corrected chi connectivity index (χ3v) is 1.87. The fraction of sp³-hybridized carbons (Fsp3) is 0.222. The molecule has 0 spiro atoms. The van der Waals surface area contributed by atoms with Crippen LogP contribution in [0.25, 0.3) is 0 Å². The number of rotatable bonds is 4. The molecule has 0 aromatic heterocycles. The fourth-order valence-electron chi connectivity index (χ4n) is 1.14. The van der Waals surface area contributed by atoms with E-state index in [2.05, 4.69) is 9.47 Å². The number of benzene rings is 1. The monoisotopic (exact) mass is 265 g/mol. The number of carbonyl (C=O) groups is 1. The Kier molecular flexibility index (Phi) is 4.08. The minimum Gasteiger partial charge on any atom is -0.465 e. The molecule has 0 aliphatic rings. The molecule has 1 aromatic rings. The normalized spacial score (nSPS) is 10.3. The molecular weight excluding hydrogens is 259 g/mol. The zero-order chi connectivity index (χ0) is 13.9. The van der Waals surface area contributed by atoms with Gasteiger partial charge in [-0.1, -0.05) is 0 Å². The quantitative estimate of drug-likeness (QED) is 0.473. The van der Waals surface area contributed by atoms with Crippen molar-refractivity contribution in [3.63, 3.8) is 0 Å². The largest absolute Gasteiger partial charge is 0.465 e. The Hall–Kier alpha value is -2.32. The molecule has 0 N–H and O–H groups in total. The Morgan fingerprint density at radius 2 is 2.06 bits per heavy atom. The molecule has 0 saturated heterocycles. The van der Waals surface area contributed by atoms with E-state index in [1.54, 1.807) is 0 Å². The van der Waals surface area contributed by atoms with Crippen molar-refractivity contribution in [2.75, 3.05) is 7.11 Å². The van der Waals surface area contributed by atoms with Gasteiger partial charge >= 0.3 is 18.3 Å². The molecule has 0 bridgehead atoms. The third kappa shape index (κ3) is 2.87. The van der Waals surface area contributed by atoms with E-state index < -0.39 is 40.3 Å².